The fourth-order valence-electron chi connectivity index (χ4n) is 6.64. The van der Waals surface area contributed by atoms with Gasteiger partial charge in [-0.3, -0.25) is 14.7 Å². The molecule has 5 aromatic rings. The lowest BCUT2D eigenvalue weighted by molar-refractivity contribution is 0.254. The van der Waals surface area contributed by atoms with Crippen molar-refractivity contribution < 1.29 is 9.53 Å². The van der Waals surface area contributed by atoms with Crippen LogP contribution < -0.4 is 20.5 Å². The molecule has 0 atom stereocenters. The number of urea groups is 1. The molecule has 0 aliphatic heterocycles. The maximum absolute atomic E-state index is 14.4. The van der Waals surface area contributed by atoms with E-state index in [-0.39, 0.29) is 23.4 Å². The average Bonchev–Trinajstić information content (AvgIpc) is 3.10. The van der Waals surface area contributed by atoms with Gasteiger partial charge in [0, 0.05) is 36.2 Å². The number of nitrogens with zero attached hydrogens (tertiary/aromatic N) is 3. The van der Waals surface area contributed by atoms with Gasteiger partial charge in [-0.05, 0) is 113 Å². The number of hydrogen-bond donors (Lipinski definition) is 2. The molecule has 2 N–H and O–H groups in total. The number of benzene rings is 2. The molecule has 0 saturated heterocycles. The minimum absolute atomic E-state index is 0.130. The number of nitrogens with one attached hydrogen (secondary N) is 2. The molecule has 1 aliphatic rings. The molecule has 0 spiro atoms. The van der Waals surface area contributed by atoms with Crippen molar-refractivity contribution in [2.45, 2.75) is 78.2 Å². The third-order valence-electron chi connectivity index (χ3n) is 9.29. The summed E-state index contributed by atoms with van der Waals surface area (Å²) in [5.41, 5.74) is 6.59. The molecule has 8 heteroatoms. The van der Waals surface area contributed by atoms with Crippen LogP contribution in [0.2, 0.25) is 0 Å². The normalized spacial score (nSPS) is 13.6. The highest BCUT2D eigenvalue weighted by molar-refractivity contribution is 6.03. The van der Waals surface area contributed by atoms with Crippen molar-refractivity contribution in [2.75, 3.05) is 16.8 Å². The zero-order valence-electron chi connectivity index (χ0n) is 28.3. The summed E-state index contributed by atoms with van der Waals surface area (Å²) in [6.45, 7) is 9.53. The molecule has 0 bridgehead atoms. The summed E-state index contributed by atoms with van der Waals surface area (Å²) in [7, 11) is 0. The fraction of sp³-hybridized carbons (Fsp3) is 0.350. The molecule has 1 saturated carbocycles. The number of amides is 2. The van der Waals surface area contributed by atoms with E-state index in [1.807, 2.05) is 36.4 Å². The van der Waals surface area contributed by atoms with Crippen LogP contribution >= 0.6 is 0 Å². The van der Waals surface area contributed by atoms with E-state index in [1.54, 1.807) is 29.6 Å². The van der Waals surface area contributed by atoms with E-state index in [0.29, 0.717) is 30.4 Å². The average molecular weight is 644 g/mol. The van der Waals surface area contributed by atoms with E-state index in [0.717, 1.165) is 70.3 Å². The van der Waals surface area contributed by atoms with E-state index in [2.05, 4.69) is 72.2 Å². The van der Waals surface area contributed by atoms with Gasteiger partial charge in [0.15, 0.2) is 0 Å². The summed E-state index contributed by atoms with van der Waals surface area (Å²) in [5.74, 6) is 1.38. The van der Waals surface area contributed by atoms with Crippen molar-refractivity contribution in [3.8, 4) is 16.9 Å². The van der Waals surface area contributed by atoms with E-state index < -0.39 is 0 Å². The maximum Gasteiger partial charge on any atom is 0.326 e. The van der Waals surface area contributed by atoms with Crippen molar-refractivity contribution in [2.24, 2.45) is 5.92 Å². The van der Waals surface area contributed by atoms with Crippen LogP contribution in [0.3, 0.4) is 0 Å². The Hall–Kier alpha value is -4.98. The molecule has 0 unspecified atom stereocenters. The number of fused-ring (bicyclic) bond motifs is 1. The third-order valence-corrected chi connectivity index (χ3v) is 9.29. The van der Waals surface area contributed by atoms with Gasteiger partial charge in [-0.15, -0.1) is 0 Å². The second-order valence-electron chi connectivity index (χ2n) is 13.5. The highest BCUT2D eigenvalue weighted by Gasteiger charge is 2.27. The van der Waals surface area contributed by atoms with Crippen LogP contribution in [0.25, 0.3) is 22.2 Å². The zero-order valence-corrected chi connectivity index (χ0v) is 28.3. The van der Waals surface area contributed by atoms with Gasteiger partial charge in [0.2, 0.25) is 0 Å². The summed E-state index contributed by atoms with van der Waals surface area (Å²) in [5, 5.41) is 4.11. The Labute approximate surface area is 282 Å². The standard InChI is InChI=1S/C40H45N5O3/c1-26(2)34-21-32(30-12-8-14-33(20-30)48-25-29-15-18-41-19-16-29)22-35(27(3)4)37(34)43-40(47)45(24-28-10-6-5-7-11-28)36-23-31-13-9-17-42-38(31)44-39(36)46/h8-9,12-23,26-28H,5-7,10-11,24-25H2,1-4H3,(H,43,47)(H,42,44,46). The van der Waals surface area contributed by atoms with Crippen LogP contribution in [0.5, 0.6) is 5.75 Å². The Balaban J connectivity index is 1.35. The molecule has 2 amide bonds. The van der Waals surface area contributed by atoms with Gasteiger partial charge < -0.3 is 15.0 Å². The van der Waals surface area contributed by atoms with Gasteiger partial charge in [-0.2, -0.15) is 0 Å². The predicted octanol–water partition coefficient (Wildman–Crippen LogP) is 9.43. The number of aromatic nitrogens is 3. The van der Waals surface area contributed by atoms with Gasteiger partial charge in [0.25, 0.3) is 5.56 Å². The second kappa shape index (κ2) is 14.8. The van der Waals surface area contributed by atoms with E-state index >= 15 is 0 Å². The van der Waals surface area contributed by atoms with E-state index in [4.69, 9.17) is 4.74 Å². The molecule has 2 aromatic carbocycles. The molecule has 248 valence electrons. The Morgan fingerprint density at radius 3 is 2.33 bits per heavy atom. The van der Waals surface area contributed by atoms with Gasteiger partial charge in [0.1, 0.15) is 23.7 Å². The molecule has 1 aliphatic carbocycles. The third kappa shape index (κ3) is 7.59. The first kappa shape index (κ1) is 32.9. The highest BCUT2D eigenvalue weighted by atomic mass is 16.5. The van der Waals surface area contributed by atoms with Gasteiger partial charge >= 0.3 is 6.03 Å². The van der Waals surface area contributed by atoms with Crippen LogP contribution in [0.4, 0.5) is 16.2 Å². The number of rotatable bonds is 10. The number of anilines is 2. The summed E-state index contributed by atoms with van der Waals surface area (Å²) in [4.78, 5) is 40.8. The lowest BCUT2D eigenvalue weighted by Crippen LogP contribution is -2.42. The Morgan fingerprint density at radius 2 is 1.62 bits per heavy atom. The molecule has 1 fully saturated rings. The van der Waals surface area contributed by atoms with Crippen molar-refractivity contribution >= 4 is 28.4 Å². The number of H-pyrrole nitrogens is 1. The van der Waals surface area contributed by atoms with Crippen LogP contribution in [-0.4, -0.2) is 27.5 Å². The monoisotopic (exact) mass is 643 g/mol. The van der Waals surface area contributed by atoms with Crippen molar-refractivity contribution in [1.82, 2.24) is 15.0 Å². The number of ether oxygens (including phenoxy) is 1. The summed E-state index contributed by atoms with van der Waals surface area (Å²) < 4.78 is 6.13. The lowest BCUT2D eigenvalue weighted by Gasteiger charge is -2.31. The van der Waals surface area contributed by atoms with Crippen LogP contribution in [0.15, 0.2) is 90.1 Å². The minimum atomic E-state index is -0.318. The Morgan fingerprint density at radius 1 is 0.896 bits per heavy atom. The summed E-state index contributed by atoms with van der Waals surface area (Å²) >= 11 is 0. The molecule has 8 nitrogen and oxygen atoms in total. The minimum Gasteiger partial charge on any atom is -0.489 e. The number of carbonyl (C=O) groups is 1. The summed E-state index contributed by atoms with van der Waals surface area (Å²) in [6.07, 6.45) is 10.8. The molecule has 3 aromatic heterocycles. The van der Waals surface area contributed by atoms with Crippen LogP contribution in [-0.2, 0) is 6.61 Å². The fourth-order valence-corrected chi connectivity index (χ4v) is 6.64. The molecular formula is C40H45N5O3. The van der Waals surface area contributed by atoms with Crippen molar-refractivity contribution in [3.05, 3.63) is 112 Å². The quantitative estimate of drug-likeness (QED) is 0.158. The van der Waals surface area contributed by atoms with Gasteiger partial charge in [-0.1, -0.05) is 59.1 Å². The highest BCUT2D eigenvalue weighted by Crippen LogP contribution is 2.38. The van der Waals surface area contributed by atoms with E-state index in [9.17, 15) is 9.59 Å². The smallest absolute Gasteiger partial charge is 0.326 e. The first-order chi connectivity index (χ1) is 23.3. The van der Waals surface area contributed by atoms with Gasteiger partial charge in [-0.25, -0.2) is 9.78 Å². The molecule has 0 radical (unpaired) electrons. The lowest BCUT2D eigenvalue weighted by atomic mass is 9.88. The number of aromatic amines is 1. The Kier molecular flexibility index (Phi) is 10.2. The predicted molar refractivity (Wildman–Crippen MR) is 194 cm³/mol. The van der Waals surface area contributed by atoms with Crippen LogP contribution in [0, 0.1) is 5.92 Å². The van der Waals surface area contributed by atoms with Crippen LogP contribution in [0.1, 0.15) is 88.3 Å². The molecule has 3 heterocycles. The first-order valence-corrected chi connectivity index (χ1v) is 17.1. The molecule has 48 heavy (non-hydrogen) atoms. The summed E-state index contributed by atoms with van der Waals surface area (Å²) in [6, 6.07) is 21.6. The molecule has 6 rings (SSSR count). The second-order valence-corrected chi connectivity index (χ2v) is 13.5. The first-order valence-electron chi connectivity index (χ1n) is 17.1. The number of hydrogen-bond acceptors (Lipinski definition) is 5. The number of pyridine rings is 3. The van der Waals surface area contributed by atoms with Crippen molar-refractivity contribution in [1.29, 1.82) is 0 Å². The largest absolute Gasteiger partial charge is 0.489 e. The van der Waals surface area contributed by atoms with Gasteiger partial charge in [0.05, 0.1) is 0 Å². The molecular weight excluding hydrogens is 598 g/mol. The number of carbonyl (C=O) groups excluding carboxylic acids is 1. The Bertz CT molecular complexity index is 1900. The zero-order chi connectivity index (χ0) is 33.6. The SMILES string of the molecule is CC(C)c1cc(-c2cccc(OCc3ccncc3)c2)cc(C(C)C)c1NC(=O)N(CC1CCCCC1)c1cc2cccnc2[nH]c1=O. The maximum atomic E-state index is 14.4. The van der Waals surface area contributed by atoms with Crippen molar-refractivity contribution in [3.63, 3.8) is 0 Å². The topological polar surface area (TPSA) is 100 Å². The van der Waals surface area contributed by atoms with E-state index in [1.165, 1.54) is 6.42 Å².